The van der Waals surface area contributed by atoms with Crippen LogP contribution in [-0.4, -0.2) is 30.4 Å². The maximum atomic E-state index is 11.9. The fourth-order valence-electron chi connectivity index (χ4n) is 2.51. The van der Waals surface area contributed by atoms with Crippen LogP contribution in [0.25, 0.3) is 0 Å². The van der Waals surface area contributed by atoms with Gasteiger partial charge in [-0.1, -0.05) is 18.2 Å². The van der Waals surface area contributed by atoms with E-state index < -0.39 is 0 Å². The number of amides is 2. The summed E-state index contributed by atoms with van der Waals surface area (Å²) >= 11 is 0. The average Bonchev–Trinajstić information content (AvgIpc) is 3.28. The zero-order chi connectivity index (χ0) is 15.4. The van der Waals surface area contributed by atoms with E-state index in [1.807, 2.05) is 24.3 Å². The number of carbonyl (C=O) groups is 1. The van der Waals surface area contributed by atoms with Crippen molar-refractivity contribution < 1.29 is 14.6 Å². The van der Waals surface area contributed by atoms with Crippen molar-refractivity contribution in [3.05, 3.63) is 29.8 Å². The molecule has 1 aromatic rings. The Labute approximate surface area is 131 Å². The summed E-state index contributed by atoms with van der Waals surface area (Å²) in [5.41, 5.74) is 0.926. The topological polar surface area (TPSA) is 70.6 Å². The van der Waals surface area contributed by atoms with E-state index in [1.165, 1.54) is 6.42 Å². The van der Waals surface area contributed by atoms with Gasteiger partial charge in [-0.15, -0.1) is 0 Å². The predicted molar refractivity (Wildman–Crippen MR) is 83.7 cm³/mol. The first-order valence-corrected chi connectivity index (χ1v) is 8.08. The number of benzene rings is 1. The molecule has 120 valence electrons. The Morgan fingerprint density at radius 1 is 1.27 bits per heavy atom. The van der Waals surface area contributed by atoms with Crippen molar-refractivity contribution in [1.82, 2.24) is 10.6 Å². The van der Waals surface area contributed by atoms with E-state index in [2.05, 4.69) is 10.6 Å². The number of nitrogens with one attached hydrogen (secondary N) is 2. The average molecular weight is 304 g/mol. The molecule has 2 saturated carbocycles. The molecule has 2 aliphatic rings. The molecule has 3 rings (SSSR count). The van der Waals surface area contributed by atoms with Crippen LogP contribution in [0.15, 0.2) is 24.3 Å². The van der Waals surface area contributed by atoms with Crippen molar-refractivity contribution in [3.8, 4) is 5.75 Å². The molecular formula is C17H24N2O3. The highest BCUT2D eigenvalue weighted by Crippen LogP contribution is 2.44. The number of para-hydroxylation sites is 1. The molecular weight excluding hydrogens is 280 g/mol. The molecule has 0 aliphatic heterocycles. The molecule has 0 unspecified atom stereocenters. The molecule has 0 atom stereocenters. The molecule has 1 aromatic carbocycles. The molecule has 2 amide bonds. The van der Waals surface area contributed by atoms with E-state index in [0.29, 0.717) is 19.2 Å². The fraction of sp³-hybridized carbons (Fsp3) is 0.588. The van der Waals surface area contributed by atoms with Gasteiger partial charge in [0.2, 0.25) is 0 Å². The third-order valence-electron chi connectivity index (χ3n) is 4.67. The zero-order valence-electron chi connectivity index (χ0n) is 12.8. The van der Waals surface area contributed by atoms with Gasteiger partial charge < -0.3 is 20.5 Å². The Kier molecular flexibility index (Phi) is 4.52. The van der Waals surface area contributed by atoms with Crippen molar-refractivity contribution in [2.24, 2.45) is 5.41 Å². The van der Waals surface area contributed by atoms with Crippen molar-refractivity contribution >= 4 is 6.03 Å². The van der Waals surface area contributed by atoms with Gasteiger partial charge in [-0.05, 0) is 38.2 Å². The Bertz CT molecular complexity index is 524. The molecule has 0 saturated heterocycles. The molecule has 0 heterocycles. The summed E-state index contributed by atoms with van der Waals surface area (Å²) < 4.78 is 5.95. The van der Waals surface area contributed by atoms with Gasteiger partial charge >= 0.3 is 6.03 Å². The lowest BCUT2D eigenvalue weighted by molar-refractivity contribution is 0.119. The molecule has 0 radical (unpaired) electrons. The predicted octanol–water partition coefficient (Wildman–Crippen LogP) is 2.19. The number of aliphatic hydroxyl groups excluding tert-OH is 1. The third-order valence-corrected chi connectivity index (χ3v) is 4.67. The molecule has 0 spiro atoms. The number of hydrogen-bond acceptors (Lipinski definition) is 3. The van der Waals surface area contributed by atoms with E-state index in [-0.39, 0.29) is 18.1 Å². The molecule has 2 fully saturated rings. The van der Waals surface area contributed by atoms with Gasteiger partial charge in [-0.2, -0.15) is 0 Å². The van der Waals surface area contributed by atoms with Gasteiger partial charge in [0.1, 0.15) is 5.75 Å². The van der Waals surface area contributed by atoms with Crippen molar-refractivity contribution in [2.45, 2.75) is 44.8 Å². The molecule has 5 nitrogen and oxygen atoms in total. The van der Waals surface area contributed by atoms with E-state index in [4.69, 9.17) is 4.74 Å². The van der Waals surface area contributed by atoms with Crippen LogP contribution in [0.1, 0.15) is 37.7 Å². The van der Waals surface area contributed by atoms with E-state index in [1.54, 1.807) is 0 Å². The summed E-state index contributed by atoms with van der Waals surface area (Å²) in [6.07, 6.45) is 5.77. The standard InChI is InChI=1S/C17H24N2O3/c20-12-17(8-9-17)11-19-16(21)18-10-13-4-1-2-7-15(13)22-14-5-3-6-14/h1-2,4,7,14,20H,3,5-6,8-12H2,(H2,18,19,21). The van der Waals surface area contributed by atoms with Gasteiger partial charge in [-0.25, -0.2) is 4.79 Å². The third kappa shape index (κ3) is 3.71. The van der Waals surface area contributed by atoms with Crippen LogP contribution >= 0.6 is 0 Å². The minimum absolute atomic E-state index is 0.0669. The Morgan fingerprint density at radius 3 is 2.68 bits per heavy atom. The molecule has 0 aromatic heterocycles. The quantitative estimate of drug-likeness (QED) is 0.723. The van der Waals surface area contributed by atoms with Crippen LogP contribution in [0.3, 0.4) is 0 Å². The van der Waals surface area contributed by atoms with Gasteiger partial charge in [0.25, 0.3) is 0 Å². The zero-order valence-corrected chi connectivity index (χ0v) is 12.8. The Balaban J connectivity index is 1.47. The second-order valence-electron chi connectivity index (χ2n) is 6.47. The highest BCUT2D eigenvalue weighted by Gasteiger charge is 2.42. The molecule has 22 heavy (non-hydrogen) atoms. The van der Waals surface area contributed by atoms with Gasteiger partial charge in [0, 0.05) is 24.1 Å². The molecule has 5 heteroatoms. The van der Waals surface area contributed by atoms with Crippen LogP contribution in [0.4, 0.5) is 4.79 Å². The lowest BCUT2D eigenvalue weighted by Gasteiger charge is -2.27. The van der Waals surface area contributed by atoms with Crippen LogP contribution in [0, 0.1) is 5.41 Å². The number of hydrogen-bond donors (Lipinski definition) is 3. The lowest BCUT2D eigenvalue weighted by Crippen LogP contribution is -2.39. The van der Waals surface area contributed by atoms with Gasteiger partial charge in [-0.3, -0.25) is 0 Å². The van der Waals surface area contributed by atoms with Crippen molar-refractivity contribution in [3.63, 3.8) is 0 Å². The lowest BCUT2D eigenvalue weighted by atomic mass is 9.96. The van der Waals surface area contributed by atoms with Crippen LogP contribution in [0.2, 0.25) is 0 Å². The highest BCUT2D eigenvalue weighted by atomic mass is 16.5. The fourth-order valence-corrected chi connectivity index (χ4v) is 2.51. The first kappa shape index (κ1) is 15.2. The maximum absolute atomic E-state index is 11.9. The molecule has 3 N–H and O–H groups in total. The number of carbonyl (C=O) groups excluding carboxylic acids is 1. The Morgan fingerprint density at radius 2 is 2.05 bits per heavy atom. The summed E-state index contributed by atoms with van der Waals surface area (Å²) in [7, 11) is 0. The number of ether oxygens (including phenoxy) is 1. The van der Waals surface area contributed by atoms with E-state index in [9.17, 15) is 9.90 Å². The second-order valence-corrected chi connectivity index (χ2v) is 6.47. The second kappa shape index (κ2) is 6.57. The summed E-state index contributed by atoms with van der Waals surface area (Å²) in [6, 6.07) is 7.64. The maximum Gasteiger partial charge on any atom is 0.315 e. The minimum atomic E-state index is -0.196. The largest absolute Gasteiger partial charge is 0.490 e. The van der Waals surface area contributed by atoms with Crippen molar-refractivity contribution in [1.29, 1.82) is 0 Å². The number of rotatable bonds is 7. The SMILES string of the molecule is O=C(NCc1ccccc1OC1CCC1)NCC1(CO)CC1. The van der Waals surface area contributed by atoms with Crippen LogP contribution < -0.4 is 15.4 Å². The number of aliphatic hydroxyl groups is 1. The first-order chi connectivity index (χ1) is 10.7. The molecule has 0 bridgehead atoms. The summed E-state index contributed by atoms with van der Waals surface area (Å²) in [6.45, 7) is 1.13. The van der Waals surface area contributed by atoms with Crippen LogP contribution in [0.5, 0.6) is 5.75 Å². The normalized spacial score (nSPS) is 19.1. The summed E-state index contributed by atoms with van der Waals surface area (Å²) in [4.78, 5) is 11.9. The van der Waals surface area contributed by atoms with Gasteiger partial charge in [0.15, 0.2) is 0 Å². The van der Waals surface area contributed by atoms with Crippen molar-refractivity contribution in [2.75, 3.05) is 13.2 Å². The minimum Gasteiger partial charge on any atom is -0.490 e. The number of urea groups is 1. The summed E-state index contributed by atoms with van der Waals surface area (Å²) in [5, 5.41) is 14.9. The van der Waals surface area contributed by atoms with Crippen LogP contribution in [-0.2, 0) is 6.54 Å². The highest BCUT2D eigenvalue weighted by molar-refractivity contribution is 5.74. The monoisotopic (exact) mass is 304 g/mol. The van der Waals surface area contributed by atoms with E-state index >= 15 is 0 Å². The smallest absolute Gasteiger partial charge is 0.315 e. The molecule has 2 aliphatic carbocycles. The Hall–Kier alpha value is -1.75. The van der Waals surface area contributed by atoms with E-state index in [0.717, 1.165) is 37.0 Å². The first-order valence-electron chi connectivity index (χ1n) is 8.08. The summed E-state index contributed by atoms with van der Waals surface area (Å²) in [5.74, 6) is 0.863. The van der Waals surface area contributed by atoms with Gasteiger partial charge in [0.05, 0.1) is 12.7 Å².